The standard InChI is InChI=1S/C12H9F3N2O3/c13-12(14,15)9-3-1-8(2-4-9)11(20)17(6-5-16)7-10(18)19/h1-4H,6-7H2,(H,18,19). The molecule has 1 aromatic rings. The van der Waals surface area contributed by atoms with Gasteiger partial charge >= 0.3 is 12.1 Å². The lowest BCUT2D eigenvalue weighted by molar-refractivity contribution is -0.138. The van der Waals surface area contributed by atoms with Gasteiger partial charge in [0.1, 0.15) is 13.1 Å². The van der Waals surface area contributed by atoms with E-state index < -0.39 is 36.7 Å². The van der Waals surface area contributed by atoms with Crippen LogP contribution in [0.5, 0.6) is 0 Å². The molecule has 0 radical (unpaired) electrons. The molecule has 1 N–H and O–H groups in total. The van der Waals surface area contributed by atoms with Gasteiger partial charge in [0.2, 0.25) is 0 Å². The first kappa shape index (κ1) is 15.5. The fourth-order valence-corrected chi connectivity index (χ4v) is 1.43. The highest BCUT2D eigenvalue weighted by molar-refractivity contribution is 5.96. The molecule has 0 aromatic heterocycles. The maximum Gasteiger partial charge on any atom is 0.416 e. The first-order chi connectivity index (χ1) is 9.25. The average molecular weight is 286 g/mol. The van der Waals surface area contributed by atoms with Crippen molar-refractivity contribution < 1.29 is 27.9 Å². The van der Waals surface area contributed by atoms with Crippen LogP contribution in [0.2, 0.25) is 0 Å². The van der Waals surface area contributed by atoms with Gasteiger partial charge in [-0.25, -0.2) is 0 Å². The molecule has 20 heavy (non-hydrogen) atoms. The second-order valence-corrected chi connectivity index (χ2v) is 3.79. The Balaban J connectivity index is 2.95. The molecule has 0 aliphatic carbocycles. The zero-order valence-corrected chi connectivity index (χ0v) is 10.0. The molecular weight excluding hydrogens is 277 g/mol. The Labute approximate surface area is 111 Å². The Morgan fingerprint density at radius 2 is 1.80 bits per heavy atom. The number of halogens is 3. The molecule has 0 heterocycles. The summed E-state index contributed by atoms with van der Waals surface area (Å²) in [6, 6.07) is 4.95. The van der Waals surface area contributed by atoms with E-state index in [1.807, 2.05) is 0 Å². The van der Waals surface area contributed by atoms with E-state index >= 15 is 0 Å². The SMILES string of the molecule is N#CCN(CC(=O)O)C(=O)c1ccc(C(F)(F)F)cc1. The molecule has 0 unspecified atom stereocenters. The molecule has 0 saturated heterocycles. The third kappa shape index (κ3) is 3.98. The topological polar surface area (TPSA) is 81.4 Å². The highest BCUT2D eigenvalue weighted by Crippen LogP contribution is 2.29. The highest BCUT2D eigenvalue weighted by atomic mass is 19.4. The second-order valence-electron chi connectivity index (χ2n) is 3.79. The molecule has 8 heteroatoms. The van der Waals surface area contributed by atoms with Gasteiger partial charge in [0.15, 0.2) is 0 Å². The first-order valence-corrected chi connectivity index (χ1v) is 5.31. The number of carbonyl (C=O) groups is 2. The third-order valence-electron chi connectivity index (χ3n) is 2.33. The van der Waals surface area contributed by atoms with Crippen molar-refractivity contribution in [2.24, 2.45) is 0 Å². The number of carboxylic acid groups (broad SMARTS) is 1. The van der Waals surface area contributed by atoms with Crippen LogP contribution in [0.15, 0.2) is 24.3 Å². The Hall–Kier alpha value is -2.56. The van der Waals surface area contributed by atoms with Gasteiger partial charge < -0.3 is 10.0 Å². The van der Waals surface area contributed by atoms with E-state index in [4.69, 9.17) is 10.4 Å². The van der Waals surface area contributed by atoms with E-state index in [0.29, 0.717) is 0 Å². The lowest BCUT2D eigenvalue weighted by Crippen LogP contribution is -2.36. The Kier molecular flexibility index (Phi) is 4.69. The van der Waals surface area contributed by atoms with Crippen LogP contribution >= 0.6 is 0 Å². The molecule has 106 valence electrons. The van der Waals surface area contributed by atoms with Crippen LogP contribution in [-0.4, -0.2) is 35.0 Å². The zero-order chi connectivity index (χ0) is 15.3. The van der Waals surface area contributed by atoms with E-state index in [1.54, 1.807) is 6.07 Å². The number of benzene rings is 1. The number of alkyl halides is 3. The predicted molar refractivity (Wildman–Crippen MR) is 60.6 cm³/mol. The fraction of sp³-hybridized carbons (Fsp3) is 0.250. The van der Waals surface area contributed by atoms with Gasteiger partial charge in [0, 0.05) is 5.56 Å². The molecule has 1 amide bonds. The van der Waals surface area contributed by atoms with Crippen molar-refractivity contribution in [2.75, 3.05) is 13.1 Å². The summed E-state index contributed by atoms with van der Waals surface area (Å²) >= 11 is 0. The minimum Gasteiger partial charge on any atom is -0.480 e. The summed E-state index contributed by atoms with van der Waals surface area (Å²) in [6.07, 6.45) is -4.52. The summed E-state index contributed by atoms with van der Waals surface area (Å²) in [5, 5.41) is 17.1. The number of rotatable bonds is 4. The van der Waals surface area contributed by atoms with Crippen LogP contribution in [0.4, 0.5) is 13.2 Å². The fourth-order valence-electron chi connectivity index (χ4n) is 1.43. The first-order valence-electron chi connectivity index (χ1n) is 5.31. The van der Waals surface area contributed by atoms with Gasteiger partial charge in [-0.05, 0) is 24.3 Å². The molecule has 5 nitrogen and oxygen atoms in total. The van der Waals surface area contributed by atoms with E-state index in [1.165, 1.54) is 0 Å². The summed E-state index contributed by atoms with van der Waals surface area (Å²) in [7, 11) is 0. The van der Waals surface area contributed by atoms with Crippen molar-refractivity contribution in [1.82, 2.24) is 4.90 Å². The largest absolute Gasteiger partial charge is 0.480 e. The van der Waals surface area contributed by atoms with Crippen LogP contribution in [0.1, 0.15) is 15.9 Å². The molecule has 1 rings (SSSR count). The van der Waals surface area contributed by atoms with Gasteiger partial charge in [0.25, 0.3) is 5.91 Å². The maximum atomic E-state index is 12.4. The molecule has 1 aromatic carbocycles. The number of amides is 1. The number of carbonyl (C=O) groups excluding carboxylic acids is 1. The van der Waals surface area contributed by atoms with Crippen molar-refractivity contribution in [3.63, 3.8) is 0 Å². The highest BCUT2D eigenvalue weighted by Gasteiger charge is 2.30. The van der Waals surface area contributed by atoms with Gasteiger partial charge in [-0.3, -0.25) is 9.59 Å². The molecule has 0 aliphatic heterocycles. The average Bonchev–Trinajstić information content (AvgIpc) is 2.36. The predicted octanol–water partition coefficient (Wildman–Crippen LogP) is 1.76. The van der Waals surface area contributed by atoms with Gasteiger partial charge in [-0.1, -0.05) is 0 Å². The van der Waals surface area contributed by atoms with Crippen molar-refractivity contribution >= 4 is 11.9 Å². The van der Waals surface area contributed by atoms with Crippen molar-refractivity contribution in [1.29, 1.82) is 5.26 Å². The number of hydrogen-bond acceptors (Lipinski definition) is 3. The van der Waals surface area contributed by atoms with Crippen LogP contribution in [-0.2, 0) is 11.0 Å². The van der Waals surface area contributed by atoms with Crippen LogP contribution in [0, 0.1) is 11.3 Å². The summed E-state index contributed by atoms with van der Waals surface area (Å²) in [4.78, 5) is 23.1. The molecule has 0 atom stereocenters. The van der Waals surface area contributed by atoms with Gasteiger partial charge in [0.05, 0.1) is 11.6 Å². The Morgan fingerprint density at radius 1 is 1.25 bits per heavy atom. The van der Waals surface area contributed by atoms with E-state index in [0.717, 1.165) is 29.2 Å². The Bertz CT molecular complexity index is 547. The van der Waals surface area contributed by atoms with Gasteiger partial charge in [-0.15, -0.1) is 0 Å². The monoisotopic (exact) mass is 286 g/mol. The molecule has 0 bridgehead atoms. The summed E-state index contributed by atoms with van der Waals surface area (Å²) in [6.45, 7) is -1.17. The number of hydrogen-bond donors (Lipinski definition) is 1. The van der Waals surface area contributed by atoms with Gasteiger partial charge in [-0.2, -0.15) is 18.4 Å². The molecule has 0 saturated carbocycles. The molecule has 0 spiro atoms. The zero-order valence-electron chi connectivity index (χ0n) is 10.0. The molecular formula is C12H9F3N2O3. The maximum absolute atomic E-state index is 12.4. The quantitative estimate of drug-likeness (QED) is 0.855. The number of aliphatic carboxylic acids is 1. The minimum atomic E-state index is -4.52. The summed E-state index contributed by atoms with van der Waals surface area (Å²) in [5.74, 6) is -2.14. The van der Waals surface area contributed by atoms with Crippen LogP contribution in [0.25, 0.3) is 0 Å². The lowest BCUT2D eigenvalue weighted by atomic mass is 10.1. The Morgan fingerprint density at radius 3 is 2.20 bits per heavy atom. The number of carboxylic acids is 1. The molecule has 0 fully saturated rings. The van der Waals surface area contributed by atoms with Crippen molar-refractivity contribution in [3.8, 4) is 6.07 Å². The van der Waals surface area contributed by atoms with Crippen LogP contribution in [0.3, 0.4) is 0 Å². The van der Waals surface area contributed by atoms with Crippen molar-refractivity contribution in [2.45, 2.75) is 6.18 Å². The number of nitrogens with zero attached hydrogens (tertiary/aromatic N) is 2. The summed E-state index contributed by atoms with van der Waals surface area (Å²) < 4.78 is 37.1. The second kappa shape index (κ2) is 6.06. The minimum absolute atomic E-state index is 0.116. The van der Waals surface area contributed by atoms with E-state index in [9.17, 15) is 22.8 Å². The summed E-state index contributed by atoms with van der Waals surface area (Å²) in [5.41, 5.74) is -1.03. The van der Waals surface area contributed by atoms with Crippen LogP contribution < -0.4 is 0 Å². The lowest BCUT2D eigenvalue weighted by Gasteiger charge is -2.17. The third-order valence-corrected chi connectivity index (χ3v) is 2.33. The smallest absolute Gasteiger partial charge is 0.416 e. The van der Waals surface area contributed by atoms with Crippen molar-refractivity contribution in [3.05, 3.63) is 35.4 Å². The number of nitriles is 1. The van der Waals surface area contributed by atoms with E-state index in [2.05, 4.69) is 0 Å². The normalized spacial score (nSPS) is 10.7. The molecule has 0 aliphatic rings. The van der Waals surface area contributed by atoms with E-state index in [-0.39, 0.29) is 5.56 Å².